The minimum Gasteiger partial charge on any atom is -0.347 e. The molecule has 2 aromatic rings. The van der Waals surface area contributed by atoms with Gasteiger partial charge in [0.15, 0.2) is 5.69 Å². The molecule has 0 saturated carbocycles. The lowest BCUT2D eigenvalue weighted by molar-refractivity contribution is 0.0945. The van der Waals surface area contributed by atoms with E-state index in [1.807, 2.05) is 12.1 Å². The fourth-order valence-electron chi connectivity index (χ4n) is 2.69. The lowest BCUT2D eigenvalue weighted by Gasteiger charge is -2.12. The van der Waals surface area contributed by atoms with Crippen LogP contribution >= 0.6 is 0 Å². The zero-order valence-electron chi connectivity index (χ0n) is 12.5. The predicted molar refractivity (Wildman–Crippen MR) is 84.4 cm³/mol. The Bertz CT molecular complexity index is 647. The summed E-state index contributed by atoms with van der Waals surface area (Å²) in [6.07, 6.45) is 1.71. The summed E-state index contributed by atoms with van der Waals surface area (Å²) in [6, 6.07) is 8.15. The van der Waals surface area contributed by atoms with Gasteiger partial charge in [-0.3, -0.25) is 9.89 Å². The molecule has 6 heteroatoms. The summed E-state index contributed by atoms with van der Waals surface area (Å²) in [6.45, 7) is 2.78. The number of fused-ring (bicyclic) bond motifs is 1. The van der Waals surface area contributed by atoms with Gasteiger partial charge >= 0.3 is 0 Å². The molecule has 5 N–H and O–H groups in total. The minimum atomic E-state index is -0.120. The molecule has 1 aliphatic heterocycles. The molecular weight excluding hydrogens is 278 g/mol. The van der Waals surface area contributed by atoms with Crippen LogP contribution in [0.15, 0.2) is 24.3 Å². The number of amides is 1. The zero-order chi connectivity index (χ0) is 15.4. The Hall–Kier alpha value is -2.18. The van der Waals surface area contributed by atoms with Crippen LogP contribution < -0.4 is 16.4 Å². The van der Waals surface area contributed by atoms with Crippen molar-refractivity contribution >= 4 is 5.91 Å². The molecule has 1 aliphatic rings. The Balaban J connectivity index is 1.61. The highest BCUT2D eigenvalue weighted by molar-refractivity contribution is 5.94. The molecule has 0 fully saturated rings. The van der Waals surface area contributed by atoms with Gasteiger partial charge in [-0.1, -0.05) is 24.3 Å². The molecule has 0 bridgehead atoms. The SMILES string of the molecule is NCCc1ccc(CNC(=O)c2n[nH]c3c2CCNC3)cc1. The maximum absolute atomic E-state index is 12.3. The van der Waals surface area contributed by atoms with Gasteiger partial charge in [-0.15, -0.1) is 0 Å². The number of hydrogen-bond donors (Lipinski definition) is 4. The van der Waals surface area contributed by atoms with Crippen molar-refractivity contribution in [1.29, 1.82) is 0 Å². The molecule has 1 aromatic carbocycles. The smallest absolute Gasteiger partial charge is 0.272 e. The van der Waals surface area contributed by atoms with E-state index in [-0.39, 0.29) is 5.91 Å². The molecular formula is C16H21N5O. The third-order valence-electron chi connectivity index (χ3n) is 3.93. The van der Waals surface area contributed by atoms with Crippen LogP contribution in [0.5, 0.6) is 0 Å². The first-order valence-corrected chi connectivity index (χ1v) is 7.61. The third kappa shape index (κ3) is 3.18. The second kappa shape index (κ2) is 6.72. The number of H-pyrrole nitrogens is 1. The van der Waals surface area contributed by atoms with Crippen LogP contribution in [0.1, 0.15) is 32.9 Å². The average Bonchev–Trinajstić information content (AvgIpc) is 2.98. The van der Waals surface area contributed by atoms with Crippen molar-refractivity contribution in [3.63, 3.8) is 0 Å². The van der Waals surface area contributed by atoms with Gasteiger partial charge < -0.3 is 16.4 Å². The number of aromatic amines is 1. The first kappa shape index (κ1) is 14.7. The Morgan fingerprint density at radius 2 is 2.05 bits per heavy atom. The van der Waals surface area contributed by atoms with E-state index in [0.717, 1.165) is 42.8 Å². The summed E-state index contributed by atoms with van der Waals surface area (Å²) in [7, 11) is 0. The monoisotopic (exact) mass is 299 g/mol. The van der Waals surface area contributed by atoms with Gasteiger partial charge in [0.2, 0.25) is 0 Å². The average molecular weight is 299 g/mol. The van der Waals surface area contributed by atoms with Crippen molar-refractivity contribution in [3.05, 3.63) is 52.3 Å². The number of carbonyl (C=O) groups is 1. The zero-order valence-corrected chi connectivity index (χ0v) is 12.5. The lowest BCUT2D eigenvalue weighted by atomic mass is 10.1. The highest BCUT2D eigenvalue weighted by atomic mass is 16.1. The van der Waals surface area contributed by atoms with Gasteiger partial charge in [0.25, 0.3) is 5.91 Å². The van der Waals surface area contributed by atoms with E-state index >= 15 is 0 Å². The number of hydrogen-bond acceptors (Lipinski definition) is 4. The maximum atomic E-state index is 12.3. The summed E-state index contributed by atoms with van der Waals surface area (Å²) in [5.41, 5.74) is 10.4. The van der Waals surface area contributed by atoms with E-state index in [0.29, 0.717) is 18.8 Å². The van der Waals surface area contributed by atoms with Crippen molar-refractivity contribution in [2.24, 2.45) is 5.73 Å². The van der Waals surface area contributed by atoms with E-state index in [9.17, 15) is 4.79 Å². The molecule has 1 amide bonds. The number of nitrogens with one attached hydrogen (secondary N) is 3. The van der Waals surface area contributed by atoms with Crippen LogP contribution in [0.25, 0.3) is 0 Å². The van der Waals surface area contributed by atoms with Gasteiger partial charge in [-0.05, 0) is 37.1 Å². The van der Waals surface area contributed by atoms with Crippen LogP contribution in [0.2, 0.25) is 0 Å². The predicted octanol–water partition coefficient (Wildman–Crippen LogP) is 0.487. The fourth-order valence-corrected chi connectivity index (χ4v) is 2.69. The highest BCUT2D eigenvalue weighted by Gasteiger charge is 2.21. The van der Waals surface area contributed by atoms with Gasteiger partial charge in [0.05, 0.1) is 5.69 Å². The second-order valence-electron chi connectivity index (χ2n) is 5.49. The Kier molecular flexibility index (Phi) is 4.50. The topological polar surface area (TPSA) is 95.8 Å². The van der Waals surface area contributed by atoms with Gasteiger partial charge in [-0.25, -0.2) is 0 Å². The van der Waals surface area contributed by atoms with Crippen molar-refractivity contribution in [1.82, 2.24) is 20.8 Å². The second-order valence-corrected chi connectivity index (χ2v) is 5.49. The first-order valence-electron chi connectivity index (χ1n) is 7.61. The largest absolute Gasteiger partial charge is 0.347 e. The van der Waals surface area contributed by atoms with Crippen molar-refractivity contribution in [2.75, 3.05) is 13.1 Å². The molecule has 22 heavy (non-hydrogen) atoms. The molecule has 0 unspecified atom stereocenters. The quantitative estimate of drug-likeness (QED) is 0.646. The third-order valence-corrected chi connectivity index (χ3v) is 3.93. The number of rotatable bonds is 5. The van der Waals surface area contributed by atoms with Crippen LogP contribution in [0.3, 0.4) is 0 Å². The minimum absolute atomic E-state index is 0.120. The van der Waals surface area contributed by atoms with E-state index in [1.165, 1.54) is 5.56 Å². The van der Waals surface area contributed by atoms with Gasteiger partial charge in [0, 0.05) is 18.7 Å². The Morgan fingerprint density at radius 1 is 1.27 bits per heavy atom. The number of carbonyl (C=O) groups excluding carboxylic acids is 1. The van der Waals surface area contributed by atoms with E-state index in [4.69, 9.17) is 5.73 Å². The molecule has 0 radical (unpaired) electrons. The van der Waals surface area contributed by atoms with E-state index in [1.54, 1.807) is 0 Å². The number of benzene rings is 1. The molecule has 116 valence electrons. The number of nitrogens with zero attached hydrogens (tertiary/aromatic N) is 1. The molecule has 0 saturated heterocycles. The molecule has 0 atom stereocenters. The van der Waals surface area contributed by atoms with Crippen LogP contribution in [0.4, 0.5) is 0 Å². The Morgan fingerprint density at radius 3 is 2.82 bits per heavy atom. The van der Waals surface area contributed by atoms with Gasteiger partial charge in [-0.2, -0.15) is 5.10 Å². The highest BCUT2D eigenvalue weighted by Crippen LogP contribution is 2.15. The van der Waals surface area contributed by atoms with Crippen LogP contribution in [-0.2, 0) is 25.9 Å². The number of aromatic nitrogens is 2. The standard InChI is InChI=1S/C16H21N5O/c17-7-5-11-1-3-12(4-2-11)9-19-16(22)15-13-6-8-18-10-14(13)20-21-15/h1-4,18H,5-10,17H2,(H,19,22)(H,20,21). The normalized spacial score (nSPS) is 13.7. The molecule has 6 nitrogen and oxygen atoms in total. The molecule has 1 aromatic heterocycles. The molecule has 0 spiro atoms. The molecule has 0 aliphatic carbocycles. The summed E-state index contributed by atoms with van der Waals surface area (Å²) in [4.78, 5) is 12.3. The number of nitrogens with two attached hydrogens (primary N) is 1. The molecule has 2 heterocycles. The summed E-state index contributed by atoms with van der Waals surface area (Å²) < 4.78 is 0. The van der Waals surface area contributed by atoms with Gasteiger partial charge in [0.1, 0.15) is 0 Å². The van der Waals surface area contributed by atoms with Crippen LogP contribution in [-0.4, -0.2) is 29.2 Å². The summed E-state index contributed by atoms with van der Waals surface area (Å²) >= 11 is 0. The van der Waals surface area contributed by atoms with E-state index < -0.39 is 0 Å². The van der Waals surface area contributed by atoms with Crippen molar-refractivity contribution < 1.29 is 4.79 Å². The lowest BCUT2D eigenvalue weighted by Crippen LogP contribution is -2.27. The maximum Gasteiger partial charge on any atom is 0.272 e. The molecule has 3 rings (SSSR count). The first-order chi connectivity index (χ1) is 10.8. The van der Waals surface area contributed by atoms with E-state index in [2.05, 4.69) is 33.0 Å². The van der Waals surface area contributed by atoms with Crippen LogP contribution in [0, 0.1) is 0 Å². The summed E-state index contributed by atoms with van der Waals surface area (Å²) in [5.74, 6) is -0.120. The van der Waals surface area contributed by atoms with Crippen molar-refractivity contribution in [2.45, 2.75) is 25.9 Å². The Labute approximate surface area is 129 Å². The fraction of sp³-hybridized carbons (Fsp3) is 0.375. The summed E-state index contributed by atoms with van der Waals surface area (Å²) in [5, 5.41) is 13.3. The van der Waals surface area contributed by atoms with Crippen molar-refractivity contribution in [3.8, 4) is 0 Å².